The van der Waals surface area contributed by atoms with Gasteiger partial charge in [-0.15, -0.1) is 0 Å². The van der Waals surface area contributed by atoms with Crippen molar-refractivity contribution in [3.63, 3.8) is 0 Å². The van der Waals surface area contributed by atoms with Crippen molar-refractivity contribution < 1.29 is 70.9 Å². The molecular formula is C41H50BClF2N4O13. The van der Waals surface area contributed by atoms with E-state index in [4.69, 9.17) is 39.9 Å². The number of nitrogens with one attached hydrogen (secondary N) is 2. The van der Waals surface area contributed by atoms with E-state index in [1.165, 1.54) is 20.3 Å². The molecule has 2 saturated heterocycles. The average molecular weight is 891 g/mol. The molecule has 62 heavy (non-hydrogen) atoms. The summed E-state index contributed by atoms with van der Waals surface area (Å²) in [5.74, 6) is -9.82. The zero-order valence-corrected chi connectivity index (χ0v) is 36.6. The maximum Gasteiger partial charge on any atom is 0.482 e. The number of hydrogen-bond donors (Lipinski definition) is 3. The second kappa shape index (κ2) is 17.2. The molecule has 3 aliphatic carbocycles. The first-order chi connectivity index (χ1) is 29.0. The predicted octanol–water partition coefficient (Wildman–Crippen LogP) is 4.10. The molecule has 2 heterocycles. The molecule has 6 atom stereocenters. The standard InChI is InChI=1S/C41H50BClF2N4O13/c1-39(2,3)60-37(55)28-22(44)11-10-19(31(28)57-7)14-26(42-61-25-16-20-15-24(40(20,4)5)41(25,6)62-42)46-34(52)30(21-17-23(45)32(58-8)33(59-9)29(21)43)47-38(56)49-13-12-48(18-27(50)51)35(53)36(49)54/h10-11,17,20,24-26,30H,12-16,18H2,1-9H3,(H,46,52)(H,47,56)(H,50,51)/t20-,24-,25+,26?,30?,41-/m0/s1. The summed E-state index contributed by atoms with van der Waals surface area (Å²) in [6.07, 6.45) is 0.917. The summed E-state index contributed by atoms with van der Waals surface area (Å²) in [4.78, 5) is 80.6. The number of methoxy groups -OCH3 is 3. The van der Waals surface area contributed by atoms with Crippen LogP contribution in [0.15, 0.2) is 18.2 Å². The Morgan fingerprint density at radius 1 is 0.968 bits per heavy atom. The van der Waals surface area contributed by atoms with Crippen molar-refractivity contribution in [3.8, 4) is 17.2 Å². The summed E-state index contributed by atoms with van der Waals surface area (Å²) in [7, 11) is 2.36. The lowest BCUT2D eigenvalue weighted by Crippen LogP contribution is -2.65. The number of ether oxygens (including phenoxy) is 4. The third kappa shape index (κ3) is 8.47. The van der Waals surface area contributed by atoms with Crippen LogP contribution < -0.4 is 24.8 Å². The Bertz CT molecular complexity index is 2190. The molecule has 5 fully saturated rings. The monoisotopic (exact) mass is 890 g/mol. The molecule has 5 aliphatic rings. The third-order valence-electron chi connectivity index (χ3n) is 12.3. The highest BCUT2D eigenvalue weighted by molar-refractivity contribution is 6.48. The number of carboxylic acids is 1. The second-order valence-corrected chi connectivity index (χ2v) is 17.9. The van der Waals surface area contributed by atoms with Gasteiger partial charge in [-0.1, -0.05) is 31.5 Å². The minimum absolute atomic E-state index is 0.0771. The van der Waals surface area contributed by atoms with Gasteiger partial charge in [-0.2, -0.15) is 0 Å². The minimum Gasteiger partial charge on any atom is -0.495 e. The zero-order chi connectivity index (χ0) is 45.8. The first-order valence-electron chi connectivity index (χ1n) is 19.9. The fourth-order valence-electron chi connectivity index (χ4n) is 9.16. The van der Waals surface area contributed by atoms with Gasteiger partial charge in [0.25, 0.3) is 0 Å². The topological polar surface area (TPSA) is 209 Å². The van der Waals surface area contributed by atoms with Gasteiger partial charge in [-0.3, -0.25) is 24.1 Å². The lowest BCUT2D eigenvalue weighted by molar-refractivity contribution is -0.199. The number of halogens is 3. The van der Waals surface area contributed by atoms with Crippen LogP contribution in [0.3, 0.4) is 0 Å². The van der Waals surface area contributed by atoms with Gasteiger partial charge in [0.2, 0.25) is 5.91 Å². The SMILES string of the molecule is COc1c(F)cc(C(NC(=O)N2CCN(CC(=O)O)C(=O)C2=O)C(=O)NC(Cc2ccc(F)c(C(=O)OC(C)(C)C)c2OC)B2O[C@@H]3C[C@@H]4C[C@@H](C4(C)C)[C@]3(C)O2)c(Cl)c1OC. The number of piperazine rings is 1. The van der Waals surface area contributed by atoms with E-state index in [1.54, 1.807) is 20.8 Å². The van der Waals surface area contributed by atoms with Crippen LogP contribution in [0, 0.1) is 28.9 Å². The molecule has 336 valence electrons. The van der Waals surface area contributed by atoms with Gasteiger partial charge < -0.3 is 48.9 Å². The molecule has 3 N–H and O–H groups in total. The smallest absolute Gasteiger partial charge is 0.482 e. The molecule has 0 aromatic heterocycles. The van der Waals surface area contributed by atoms with Gasteiger partial charge in [0.1, 0.15) is 35.3 Å². The molecule has 2 aromatic rings. The number of carboxylic acid groups (broad SMARTS) is 1. The highest BCUT2D eigenvalue weighted by Gasteiger charge is 2.68. The maximum absolute atomic E-state index is 15.7. The molecular weight excluding hydrogens is 841 g/mol. The Hall–Kier alpha value is -5.21. The first-order valence-corrected chi connectivity index (χ1v) is 20.3. The maximum atomic E-state index is 15.7. The van der Waals surface area contributed by atoms with E-state index < -0.39 is 108 Å². The van der Waals surface area contributed by atoms with E-state index in [1.807, 2.05) is 6.92 Å². The number of urea groups is 1. The molecule has 7 rings (SSSR count). The number of amides is 5. The summed E-state index contributed by atoms with van der Waals surface area (Å²) < 4.78 is 66.1. The molecule has 2 aliphatic heterocycles. The fourth-order valence-corrected chi connectivity index (χ4v) is 9.49. The Kier molecular flexibility index (Phi) is 12.8. The van der Waals surface area contributed by atoms with E-state index in [0.717, 1.165) is 30.6 Å². The normalized spacial score (nSPS) is 23.7. The van der Waals surface area contributed by atoms with Gasteiger partial charge in [0.05, 0.1) is 44.0 Å². The zero-order valence-electron chi connectivity index (χ0n) is 35.8. The van der Waals surface area contributed by atoms with Crippen molar-refractivity contribution in [3.05, 3.63) is 51.5 Å². The number of rotatable bonds is 13. The van der Waals surface area contributed by atoms with Gasteiger partial charge in [0.15, 0.2) is 17.3 Å². The number of hydrogen-bond acceptors (Lipinski definition) is 12. The number of imide groups is 1. The summed E-state index contributed by atoms with van der Waals surface area (Å²) in [6, 6.07) is 0.0128. The van der Waals surface area contributed by atoms with Crippen molar-refractivity contribution in [2.45, 2.75) is 90.1 Å². The predicted molar refractivity (Wildman–Crippen MR) is 216 cm³/mol. The van der Waals surface area contributed by atoms with E-state index in [9.17, 15) is 33.9 Å². The molecule has 3 saturated carbocycles. The van der Waals surface area contributed by atoms with E-state index in [-0.39, 0.29) is 51.9 Å². The summed E-state index contributed by atoms with van der Waals surface area (Å²) in [5, 5.41) is 14.0. The van der Waals surface area contributed by atoms with Gasteiger partial charge in [-0.05, 0) is 81.9 Å². The average Bonchev–Trinajstić information content (AvgIpc) is 3.55. The molecule has 5 amide bonds. The second-order valence-electron chi connectivity index (χ2n) is 17.6. The Morgan fingerprint density at radius 2 is 1.63 bits per heavy atom. The Morgan fingerprint density at radius 3 is 2.23 bits per heavy atom. The van der Waals surface area contributed by atoms with Crippen LogP contribution in [0.25, 0.3) is 0 Å². The van der Waals surface area contributed by atoms with Crippen LogP contribution >= 0.6 is 11.6 Å². The van der Waals surface area contributed by atoms with Crippen molar-refractivity contribution >= 4 is 54.4 Å². The van der Waals surface area contributed by atoms with Crippen molar-refractivity contribution in [1.82, 2.24) is 20.4 Å². The third-order valence-corrected chi connectivity index (χ3v) is 12.7. The van der Waals surface area contributed by atoms with Crippen molar-refractivity contribution in [2.24, 2.45) is 17.3 Å². The van der Waals surface area contributed by atoms with E-state index in [2.05, 4.69) is 24.5 Å². The highest BCUT2D eigenvalue weighted by atomic mass is 35.5. The van der Waals surface area contributed by atoms with Gasteiger partial charge in [-0.25, -0.2) is 18.4 Å². The van der Waals surface area contributed by atoms with Crippen LogP contribution in [0.1, 0.15) is 81.9 Å². The Balaban J connectivity index is 1.41. The van der Waals surface area contributed by atoms with Crippen molar-refractivity contribution in [1.29, 1.82) is 0 Å². The number of carbonyl (C=O) groups excluding carboxylic acids is 5. The van der Waals surface area contributed by atoms with E-state index >= 15 is 8.78 Å². The number of esters is 1. The molecule has 0 spiro atoms. The van der Waals surface area contributed by atoms with Gasteiger partial charge in [0, 0.05) is 18.7 Å². The quantitative estimate of drug-likeness (QED) is 0.147. The number of aliphatic carboxylic acids is 1. The lowest BCUT2D eigenvalue weighted by atomic mass is 9.43. The summed E-state index contributed by atoms with van der Waals surface area (Å²) in [5.41, 5.74) is -2.53. The van der Waals surface area contributed by atoms with E-state index in [0.29, 0.717) is 17.2 Å². The largest absolute Gasteiger partial charge is 0.495 e. The first kappa shape index (κ1) is 46.3. The Labute approximate surface area is 362 Å². The number of carbonyl (C=O) groups is 6. The minimum atomic E-state index is -1.94. The van der Waals surface area contributed by atoms with Crippen LogP contribution in [0.2, 0.25) is 5.02 Å². The summed E-state index contributed by atoms with van der Waals surface area (Å²) >= 11 is 6.74. The molecule has 17 nitrogen and oxygen atoms in total. The van der Waals surface area contributed by atoms with Crippen LogP contribution in [-0.4, -0.2) is 122 Å². The highest BCUT2D eigenvalue weighted by Crippen LogP contribution is 2.65. The molecule has 0 radical (unpaired) electrons. The molecule has 2 aromatic carbocycles. The molecule has 21 heteroatoms. The van der Waals surface area contributed by atoms with Gasteiger partial charge >= 0.3 is 36.9 Å². The van der Waals surface area contributed by atoms with Crippen LogP contribution in [0.5, 0.6) is 17.2 Å². The van der Waals surface area contributed by atoms with Crippen molar-refractivity contribution in [2.75, 3.05) is 41.0 Å². The number of nitrogens with zero attached hydrogens (tertiary/aromatic N) is 2. The fraction of sp³-hybridized carbons (Fsp3) is 0.561. The number of benzene rings is 2. The van der Waals surface area contributed by atoms with Crippen LogP contribution in [0.4, 0.5) is 13.6 Å². The lowest BCUT2D eigenvalue weighted by Gasteiger charge is -2.64. The molecule has 2 bridgehead atoms. The summed E-state index contributed by atoms with van der Waals surface area (Å²) in [6.45, 7) is 9.52. The molecule has 2 unspecified atom stereocenters. The van der Waals surface area contributed by atoms with Crippen LogP contribution in [-0.2, 0) is 39.6 Å².